The lowest BCUT2D eigenvalue weighted by Crippen LogP contribution is -2.07. The second-order valence-corrected chi connectivity index (χ2v) is 10.2. The Morgan fingerprint density at radius 1 is 0.735 bits per heavy atom. The predicted octanol–water partition coefficient (Wildman–Crippen LogP) is 4.75. The fourth-order valence-electron chi connectivity index (χ4n) is 3.73. The van der Waals surface area contributed by atoms with Crippen LogP contribution in [0.1, 0.15) is 39.5 Å². The van der Waals surface area contributed by atoms with Crippen LogP contribution in [0.5, 0.6) is 23.0 Å². The first-order chi connectivity index (χ1) is 16.7. The molecule has 5 rings (SSSR count). The van der Waals surface area contributed by atoms with Crippen LogP contribution in [0.3, 0.4) is 0 Å². The summed E-state index contributed by atoms with van der Waals surface area (Å²) in [5.41, 5.74) is 1.74. The molecule has 34 heavy (non-hydrogen) atoms. The van der Waals surface area contributed by atoms with Gasteiger partial charge in [0.05, 0.1) is 47.0 Å². The van der Waals surface area contributed by atoms with Gasteiger partial charge < -0.3 is 28.4 Å². The molecule has 3 aliphatic heterocycles. The lowest BCUT2D eigenvalue weighted by Gasteiger charge is -2.15. The van der Waals surface area contributed by atoms with E-state index < -0.39 is 10.8 Å². The number of rotatable bonds is 14. The second-order valence-electron chi connectivity index (χ2n) is 8.80. The van der Waals surface area contributed by atoms with Crippen LogP contribution in [0, 0.1) is 0 Å². The normalized spacial score (nSPS) is 21.5. The van der Waals surface area contributed by atoms with Gasteiger partial charge in [-0.1, -0.05) is 26.7 Å². The summed E-state index contributed by atoms with van der Waals surface area (Å²) in [6.07, 6.45) is 4.20. The number of fused-ring (bicyclic) bond motifs is 3. The highest BCUT2D eigenvalue weighted by molar-refractivity contribution is 7.85. The molecule has 0 radical (unpaired) electrons. The van der Waals surface area contributed by atoms with Crippen molar-refractivity contribution in [3.8, 4) is 34.1 Å². The molecule has 0 aliphatic carbocycles. The fraction of sp³-hybridized carbons (Fsp3) is 0.538. The van der Waals surface area contributed by atoms with Gasteiger partial charge in [0.2, 0.25) is 0 Å². The smallest absolute Gasteiger partial charge is 0.162 e. The average molecular weight is 489 g/mol. The molecule has 0 saturated carbocycles. The molecule has 0 aromatic heterocycles. The summed E-state index contributed by atoms with van der Waals surface area (Å²) in [7, 11) is -1.35. The first kappa shape index (κ1) is 23.5. The summed E-state index contributed by atoms with van der Waals surface area (Å²) in [6.45, 7) is 7.79. The van der Waals surface area contributed by atoms with Gasteiger partial charge in [0.25, 0.3) is 0 Å². The molecule has 0 bridgehead atoms. The van der Waals surface area contributed by atoms with Gasteiger partial charge in [0, 0.05) is 23.3 Å². The molecular weight excluding hydrogens is 456 g/mol. The third-order valence-electron chi connectivity index (χ3n) is 5.95. The Bertz CT molecular complexity index is 964. The Morgan fingerprint density at radius 3 is 1.53 bits per heavy atom. The zero-order chi connectivity index (χ0) is 23.5. The highest BCUT2D eigenvalue weighted by Gasteiger charge is 2.32. The third-order valence-corrected chi connectivity index (χ3v) is 7.42. The van der Waals surface area contributed by atoms with Gasteiger partial charge >= 0.3 is 0 Å². The number of hydrogen-bond acceptors (Lipinski definition) is 7. The van der Waals surface area contributed by atoms with Crippen molar-refractivity contribution in [2.24, 2.45) is 0 Å². The van der Waals surface area contributed by atoms with Gasteiger partial charge in [-0.15, -0.1) is 0 Å². The highest BCUT2D eigenvalue weighted by Crippen LogP contribution is 2.49. The van der Waals surface area contributed by atoms with Gasteiger partial charge in [0.15, 0.2) is 23.0 Å². The van der Waals surface area contributed by atoms with Crippen LogP contribution in [0.2, 0.25) is 0 Å². The van der Waals surface area contributed by atoms with Crippen LogP contribution in [0.4, 0.5) is 0 Å². The van der Waals surface area contributed by atoms with E-state index in [9.17, 15) is 4.21 Å². The Labute approximate surface area is 203 Å². The van der Waals surface area contributed by atoms with E-state index in [2.05, 4.69) is 13.8 Å². The van der Waals surface area contributed by atoms with Crippen molar-refractivity contribution in [3.05, 3.63) is 24.3 Å². The van der Waals surface area contributed by atoms with Crippen molar-refractivity contribution < 1.29 is 32.6 Å². The molecule has 2 aromatic carbocycles. The molecule has 2 fully saturated rings. The van der Waals surface area contributed by atoms with Crippen molar-refractivity contribution in [1.29, 1.82) is 0 Å². The zero-order valence-corrected chi connectivity index (χ0v) is 20.6. The van der Waals surface area contributed by atoms with E-state index in [0.29, 0.717) is 49.4 Å². The molecule has 2 unspecified atom stereocenters. The van der Waals surface area contributed by atoms with Gasteiger partial charge in [-0.3, -0.25) is 0 Å². The van der Waals surface area contributed by atoms with Crippen LogP contribution in [-0.2, 0) is 20.3 Å². The van der Waals surface area contributed by atoms with Gasteiger partial charge in [0.1, 0.15) is 25.4 Å². The number of unbranched alkanes of at least 4 members (excludes halogenated alkanes) is 2. The zero-order valence-electron chi connectivity index (χ0n) is 19.8. The second kappa shape index (κ2) is 10.5. The molecule has 0 spiro atoms. The summed E-state index contributed by atoms with van der Waals surface area (Å²) in [5.74, 6) is 2.53. The van der Waals surface area contributed by atoms with E-state index in [4.69, 9.17) is 28.4 Å². The molecule has 184 valence electrons. The van der Waals surface area contributed by atoms with Crippen LogP contribution in [-0.4, -0.2) is 56.1 Å². The molecule has 3 aliphatic rings. The quantitative estimate of drug-likeness (QED) is 0.239. The first-order valence-electron chi connectivity index (χ1n) is 12.2. The average Bonchev–Trinajstić information content (AvgIpc) is 3.77. The minimum absolute atomic E-state index is 0.130. The SMILES string of the molecule is CCCCOc1cc2c(cc1OCC1CO1)-c1cc(OCC3CO3)c(OCCCC)cc1S2=O. The van der Waals surface area contributed by atoms with Crippen LogP contribution in [0.15, 0.2) is 34.1 Å². The van der Waals surface area contributed by atoms with E-state index in [-0.39, 0.29) is 12.2 Å². The van der Waals surface area contributed by atoms with Crippen LogP contribution in [0.25, 0.3) is 11.1 Å². The van der Waals surface area contributed by atoms with Gasteiger partial charge in [-0.2, -0.15) is 0 Å². The Morgan fingerprint density at radius 2 is 1.15 bits per heavy atom. The maximum absolute atomic E-state index is 13.5. The molecule has 2 aromatic rings. The van der Waals surface area contributed by atoms with E-state index in [0.717, 1.165) is 59.8 Å². The van der Waals surface area contributed by atoms with Gasteiger partial charge in [-0.05, 0) is 25.0 Å². The highest BCUT2D eigenvalue weighted by atomic mass is 32.2. The van der Waals surface area contributed by atoms with Crippen molar-refractivity contribution in [2.75, 3.05) is 39.6 Å². The number of epoxide rings is 2. The van der Waals surface area contributed by atoms with Crippen LogP contribution < -0.4 is 18.9 Å². The summed E-state index contributed by atoms with van der Waals surface area (Å²) in [5, 5.41) is 0. The summed E-state index contributed by atoms with van der Waals surface area (Å²) in [6, 6.07) is 7.60. The van der Waals surface area contributed by atoms with Crippen LogP contribution >= 0.6 is 0 Å². The van der Waals surface area contributed by atoms with E-state index in [1.165, 1.54) is 0 Å². The third kappa shape index (κ3) is 5.34. The van der Waals surface area contributed by atoms with Crippen molar-refractivity contribution in [2.45, 2.75) is 61.5 Å². The van der Waals surface area contributed by atoms with Crippen molar-refractivity contribution in [3.63, 3.8) is 0 Å². The summed E-state index contributed by atoms with van der Waals surface area (Å²) >= 11 is 0. The number of hydrogen-bond donors (Lipinski definition) is 0. The molecule has 0 N–H and O–H groups in total. The van der Waals surface area contributed by atoms with E-state index >= 15 is 0 Å². The lowest BCUT2D eigenvalue weighted by atomic mass is 10.0. The molecular formula is C26H32O7S. The number of benzene rings is 2. The van der Waals surface area contributed by atoms with Crippen molar-refractivity contribution >= 4 is 10.8 Å². The van der Waals surface area contributed by atoms with E-state index in [1.54, 1.807) is 0 Å². The minimum Gasteiger partial charge on any atom is -0.490 e. The number of ether oxygens (including phenoxy) is 6. The minimum atomic E-state index is -1.35. The largest absolute Gasteiger partial charge is 0.490 e. The Kier molecular flexibility index (Phi) is 7.27. The molecule has 2 saturated heterocycles. The molecule has 3 heterocycles. The topological polar surface area (TPSA) is 79.1 Å². The summed E-state index contributed by atoms with van der Waals surface area (Å²) < 4.78 is 48.3. The molecule has 0 amide bonds. The van der Waals surface area contributed by atoms with Gasteiger partial charge in [-0.25, -0.2) is 4.21 Å². The van der Waals surface area contributed by atoms with Crippen molar-refractivity contribution in [1.82, 2.24) is 0 Å². The van der Waals surface area contributed by atoms with E-state index in [1.807, 2.05) is 24.3 Å². The maximum Gasteiger partial charge on any atom is 0.162 e. The lowest BCUT2D eigenvalue weighted by molar-refractivity contribution is 0.239. The fourth-order valence-corrected chi connectivity index (χ4v) is 5.13. The molecule has 8 heteroatoms. The monoisotopic (exact) mass is 488 g/mol. The Hall–Kier alpha value is -2.29. The summed E-state index contributed by atoms with van der Waals surface area (Å²) in [4.78, 5) is 1.44. The molecule has 2 atom stereocenters. The predicted molar refractivity (Wildman–Crippen MR) is 128 cm³/mol. The standard InChI is InChI=1S/C26H32O7S/c1-3-5-7-28-23-11-25-19(9-21(23)32-15-17-13-30-17)20-10-22(33-16-18-14-31-18)24(29-8-6-4-2)12-26(20)34(25)27/h9-12,17-18H,3-8,13-16H2,1-2H3. The maximum atomic E-state index is 13.5. The molecule has 7 nitrogen and oxygen atoms in total. The first-order valence-corrected chi connectivity index (χ1v) is 13.4. The Balaban J connectivity index is 1.48.